The number of halogens is 1. The molecule has 2 rings (SSSR count). The van der Waals surface area contributed by atoms with Crippen molar-refractivity contribution in [3.05, 3.63) is 16.5 Å². The molecule has 1 aliphatic heterocycles. The fraction of sp³-hybridized carbons (Fsp3) is 0.500. The van der Waals surface area contributed by atoms with Crippen LogP contribution in [-0.4, -0.2) is 38.9 Å². The smallest absolute Gasteiger partial charge is 0.252 e. The molecule has 7 heteroatoms. The number of likely N-dealkylation sites (N-methyl/N-ethyl adjacent to an activating group) is 1. The van der Waals surface area contributed by atoms with Crippen molar-refractivity contribution in [2.24, 2.45) is 0 Å². The molecule has 1 saturated heterocycles. The first-order valence-electron chi connectivity index (χ1n) is 4.46. The van der Waals surface area contributed by atoms with Crippen molar-refractivity contribution in [3.63, 3.8) is 0 Å². The molecule has 0 saturated carbocycles. The average Bonchev–Trinajstić information content (AvgIpc) is 2.49. The summed E-state index contributed by atoms with van der Waals surface area (Å²) in [4.78, 5) is 0. The lowest BCUT2D eigenvalue weighted by Gasteiger charge is -2.34. The van der Waals surface area contributed by atoms with Crippen molar-refractivity contribution < 1.29 is 8.42 Å². The standard InChI is InChI=1S/C8H11ClN2O2S2/c1-11(6-4-10-5-6)15(12,13)8-3-2-7(9)14-8/h2-3,6,10H,4-5H2,1H3. The van der Waals surface area contributed by atoms with Gasteiger partial charge in [-0.15, -0.1) is 11.3 Å². The van der Waals surface area contributed by atoms with Gasteiger partial charge >= 0.3 is 0 Å². The van der Waals surface area contributed by atoms with Gasteiger partial charge in [-0.3, -0.25) is 0 Å². The van der Waals surface area contributed by atoms with Crippen molar-refractivity contribution in [2.45, 2.75) is 10.3 Å². The fourth-order valence-electron chi connectivity index (χ4n) is 1.31. The molecule has 0 aliphatic carbocycles. The highest BCUT2D eigenvalue weighted by atomic mass is 35.5. The first kappa shape index (κ1) is 11.3. The zero-order valence-electron chi connectivity index (χ0n) is 8.10. The summed E-state index contributed by atoms with van der Waals surface area (Å²) >= 11 is 6.81. The lowest BCUT2D eigenvalue weighted by molar-refractivity contribution is 0.274. The zero-order chi connectivity index (χ0) is 11.1. The number of hydrogen-bond donors (Lipinski definition) is 1. The molecule has 1 aromatic rings. The van der Waals surface area contributed by atoms with Crippen molar-refractivity contribution in [2.75, 3.05) is 20.1 Å². The second kappa shape index (κ2) is 4.03. The van der Waals surface area contributed by atoms with E-state index in [0.29, 0.717) is 8.55 Å². The Balaban J connectivity index is 2.26. The Morgan fingerprint density at radius 3 is 2.60 bits per heavy atom. The van der Waals surface area contributed by atoms with E-state index in [1.165, 1.54) is 4.31 Å². The molecule has 1 fully saturated rings. The van der Waals surface area contributed by atoms with Gasteiger partial charge in [-0.2, -0.15) is 4.31 Å². The quantitative estimate of drug-likeness (QED) is 0.888. The first-order chi connectivity index (χ1) is 7.01. The predicted octanol–water partition coefficient (Wildman–Crippen LogP) is 0.994. The first-order valence-corrected chi connectivity index (χ1v) is 7.09. The van der Waals surface area contributed by atoms with Gasteiger partial charge < -0.3 is 5.32 Å². The molecule has 1 N–H and O–H groups in total. The number of hydrogen-bond acceptors (Lipinski definition) is 4. The van der Waals surface area contributed by atoms with Gasteiger partial charge in [0.2, 0.25) is 0 Å². The maximum absolute atomic E-state index is 12.0. The lowest BCUT2D eigenvalue weighted by Crippen LogP contribution is -2.57. The molecular weight excluding hydrogens is 256 g/mol. The van der Waals surface area contributed by atoms with Gasteiger partial charge in [-0.25, -0.2) is 8.42 Å². The highest BCUT2D eigenvalue weighted by Gasteiger charge is 2.32. The molecule has 15 heavy (non-hydrogen) atoms. The topological polar surface area (TPSA) is 49.4 Å². The normalized spacial score (nSPS) is 18.1. The summed E-state index contributed by atoms with van der Waals surface area (Å²) in [7, 11) is -1.75. The zero-order valence-corrected chi connectivity index (χ0v) is 10.5. The minimum Gasteiger partial charge on any atom is -0.313 e. The largest absolute Gasteiger partial charge is 0.313 e. The minimum absolute atomic E-state index is 0.0656. The SMILES string of the molecule is CN(C1CNC1)S(=O)(=O)c1ccc(Cl)s1. The molecule has 0 bridgehead atoms. The molecule has 0 spiro atoms. The summed E-state index contributed by atoms with van der Waals surface area (Å²) in [6.45, 7) is 1.43. The van der Waals surface area contributed by atoms with E-state index in [0.717, 1.165) is 24.4 Å². The maximum atomic E-state index is 12.0. The van der Waals surface area contributed by atoms with Crippen LogP contribution in [0.4, 0.5) is 0 Å². The molecular formula is C8H11ClN2O2S2. The van der Waals surface area contributed by atoms with Gasteiger partial charge in [0, 0.05) is 26.2 Å². The van der Waals surface area contributed by atoms with Crippen LogP contribution in [0.5, 0.6) is 0 Å². The molecule has 1 aliphatic rings. The molecule has 0 atom stereocenters. The van der Waals surface area contributed by atoms with E-state index < -0.39 is 10.0 Å². The maximum Gasteiger partial charge on any atom is 0.252 e. The van der Waals surface area contributed by atoms with E-state index in [9.17, 15) is 8.42 Å². The molecule has 0 amide bonds. The summed E-state index contributed by atoms with van der Waals surface area (Å²) < 4.78 is 26.3. The van der Waals surface area contributed by atoms with E-state index in [4.69, 9.17) is 11.6 Å². The van der Waals surface area contributed by atoms with Gasteiger partial charge in [0.05, 0.1) is 4.34 Å². The molecule has 2 heterocycles. The molecule has 0 aromatic carbocycles. The number of thiophene rings is 1. The van der Waals surface area contributed by atoms with Gasteiger partial charge in [0.25, 0.3) is 10.0 Å². The summed E-state index contributed by atoms with van der Waals surface area (Å²) in [6.07, 6.45) is 0. The van der Waals surface area contributed by atoms with Crippen LogP contribution in [0.15, 0.2) is 16.3 Å². The van der Waals surface area contributed by atoms with E-state index in [-0.39, 0.29) is 6.04 Å². The van der Waals surface area contributed by atoms with Crippen LogP contribution in [0.1, 0.15) is 0 Å². The van der Waals surface area contributed by atoms with Gasteiger partial charge in [0.15, 0.2) is 0 Å². The fourth-order valence-corrected chi connectivity index (χ4v) is 4.33. The van der Waals surface area contributed by atoms with E-state index in [1.54, 1.807) is 19.2 Å². The van der Waals surface area contributed by atoms with Crippen molar-refractivity contribution >= 4 is 33.0 Å². The van der Waals surface area contributed by atoms with Crippen LogP contribution >= 0.6 is 22.9 Å². The van der Waals surface area contributed by atoms with E-state index in [2.05, 4.69) is 5.32 Å². The van der Waals surface area contributed by atoms with Crippen LogP contribution in [0.2, 0.25) is 4.34 Å². The van der Waals surface area contributed by atoms with Crippen LogP contribution in [-0.2, 0) is 10.0 Å². The van der Waals surface area contributed by atoms with Crippen molar-refractivity contribution in [1.29, 1.82) is 0 Å². The Hall–Kier alpha value is -0.140. The van der Waals surface area contributed by atoms with Crippen molar-refractivity contribution in [1.82, 2.24) is 9.62 Å². The van der Waals surface area contributed by atoms with E-state index in [1.807, 2.05) is 0 Å². The van der Waals surface area contributed by atoms with Gasteiger partial charge in [-0.1, -0.05) is 11.6 Å². The summed E-state index contributed by atoms with van der Waals surface area (Å²) in [5.74, 6) is 0. The van der Waals surface area contributed by atoms with Gasteiger partial charge in [-0.05, 0) is 12.1 Å². The predicted molar refractivity (Wildman–Crippen MR) is 60.9 cm³/mol. The van der Waals surface area contributed by atoms with Crippen LogP contribution < -0.4 is 5.32 Å². The Morgan fingerprint density at radius 1 is 1.53 bits per heavy atom. The monoisotopic (exact) mass is 266 g/mol. The summed E-state index contributed by atoms with van der Waals surface area (Å²) in [5.41, 5.74) is 0. The second-order valence-electron chi connectivity index (χ2n) is 3.39. The number of nitrogens with one attached hydrogen (secondary N) is 1. The van der Waals surface area contributed by atoms with Crippen molar-refractivity contribution in [3.8, 4) is 0 Å². The number of nitrogens with zero attached hydrogens (tertiary/aromatic N) is 1. The molecule has 84 valence electrons. The van der Waals surface area contributed by atoms with Crippen LogP contribution in [0, 0.1) is 0 Å². The second-order valence-corrected chi connectivity index (χ2v) is 7.33. The van der Waals surface area contributed by atoms with Crippen LogP contribution in [0.3, 0.4) is 0 Å². The van der Waals surface area contributed by atoms with E-state index >= 15 is 0 Å². The number of rotatable bonds is 3. The average molecular weight is 267 g/mol. The van der Waals surface area contributed by atoms with Gasteiger partial charge in [0.1, 0.15) is 4.21 Å². The number of sulfonamides is 1. The molecule has 4 nitrogen and oxygen atoms in total. The highest BCUT2D eigenvalue weighted by molar-refractivity contribution is 7.91. The molecule has 0 unspecified atom stereocenters. The Kier molecular flexibility index (Phi) is 3.05. The third kappa shape index (κ3) is 2.05. The van der Waals surface area contributed by atoms with Crippen LogP contribution in [0.25, 0.3) is 0 Å². The molecule has 1 aromatic heterocycles. The highest BCUT2D eigenvalue weighted by Crippen LogP contribution is 2.28. The Morgan fingerprint density at radius 2 is 2.20 bits per heavy atom. The molecule has 0 radical (unpaired) electrons. The Bertz CT molecular complexity index is 453. The third-order valence-corrected chi connectivity index (χ3v) is 6.06. The Labute approximate surface area is 97.9 Å². The summed E-state index contributed by atoms with van der Waals surface area (Å²) in [6, 6.07) is 3.22. The third-order valence-electron chi connectivity index (χ3n) is 2.46. The lowest BCUT2D eigenvalue weighted by atomic mass is 10.2. The minimum atomic E-state index is -3.35. The summed E-state index contributed by atoms with van der Waals surface area (Å²) in [5, 5.41) is 3.04.